The van der Waals surface area contributed by atoms with Crippen LogP contribution in [0.25, 0.3) is 0 Å². The summed E-state index contributed by atoms with van der Waals surface area (Å²) in [6.07, 6.45) is 7.79. The number of hydrogen-bond acceptors (Lipinski definition) is 3. The summed E-state index contributed by atoms with van der Waals surface area (Å²) in [5.41, 5.74) is 1.29. The van der Waals surface area contributed by atoms with E-state index in [0.29, 0.717) is 10.9 Å². The predicted molar refractivity (Wildman–Crippen MR) is 101 cm³/mol. The third-order valence-corrected chi connectivity index (χ3v) is 6.26. The summed E-state index contributed by atoms with van der Waals surface area (Å²) in [5.74, 6) is 3.04. The fourth-order valence-corrected chi connectivity index (χ4v) is 5.81. The SMILES string of the molecule is Cc1ccc(OCC(=O)NC(=S)NC23CC4CC(CC(C4)C2)C3)cc1. The van der Waals surface area contributed by atoms with Gasteiger partial charge >= 0.3 is 0 Å². The molecule has 0 atom stereocenters. The third-order valence-electron chi connectivity index (χ3n) is 6.06. The molecule has 4 nitrogen and oxygen atoms in total. The van der Waals surface area contributed by atoms with Gasteiger partial charge in [-0.15, -0.1) is 0 Å². The van der Waals surface area contributed by atoms with Crippen molar-refractivity contribution < 1.29 is 9.53 Å². The first-order valence-electron chi connectivity index (χ1n) is 9.31. The van der Waals surface area contributed by atoms with Crippen molar-refractivity contribution in [3.05, 3.63) is 29.8 Å². The molecule has 4 aliphatic rings. The van der Waals surface area contributed by atoms with Crippen LogP contribution in [-0.4, -0.2) is 23.2 Å². The monoisotopic (exact) mass is 358 g/mol. The molecule has 5 heteroatoms. The zero-order valence-corrected chi connectivity index (χ0v) is 15.5. The first kappa shape index (κ1) is 16.8. The second-order valence-corrected chi connectivity index (χ2v) is 8.71. The highest BCUT2D eigenvalue weighted by molar-refractivity contribution is 7.80. The predicted octanol–water partition coefficient (Wildman–Crippen LogP) is 3.33. The van der Waals surface area contributed by atoms with Crippen LogP contribution in [0, 0.1) is 24.7 Å². The van der Waals surface area contributed by atoms with Gasteiger partial charge in [0.1, 0.15) is 5.75 Å². The molecule has 134 valence electrons. The molecule has 2 N–H and O–H groups in total. The molecule has 4 bridgehead atoms. The largest absolute Gasteiger partial charge is 0.484 e. The number of nitrogens with one attached hydrogen (secondary N) is 2. The van der Waals surface area contributed by atoms with Crippen molar-refractivity contribution >= 4 is 23.2 Å². The van der Waals surface area contributed by atoms with Crippen LogP contribution in [0.5, 0.6) is 5.75 Å². The van der Waals surface area contributed by atoms with E-state index in [1.807, 2.05) is 31.2 Å². The molecule has 1 aromatic carbocycles. The van der Waals surface area contributed by atoms with E-state index in [1.165, 1.54) is 38.5 Å². The molecule has 0 saturated heterocycles. The molecule has 4 saturated carbocycles. The van der Waals surface area contributed by atoms with Crippen molar-refractivity contribution in [1.29, 1.82) is 0 Å². The van der Waals surface area contributed by atoms with Gasteiger partial charge in [0.05, 0.1) is 0 Å². The number of benzene rings is 1. The maximum atomic E-state index is 12.1. The number of rotatable bonds is 4. The Balaban J connectivity index is 1.27. The van der Waals surface area contributed by atoms with E-state index in [2.05, 4.69) is 10.6 Å². The Bertz CT molecular complexity index is 635. The van der Waals surface area contributed by atoms with Gasteiger partial charge in [-0.2, -0.15) is 0 Å². The summed E-state index contributed by atoms with van der Waals surface area (Å²) in [7, 11) is 0. The molecule has 1 amide bonds. The molecule has 0 heterocycles. The van der Waals surface area contributed by atoms with Crippen LogP contribution in [-0.2, 0) is 4.79 Å². The highest BCUT2D eigenvalue weighted by Gasteiger charge is 2.51. The molecule has 4 fully saturated rings. The zero-order chi connectivity index (χ0) is 17.4. The van der Waals surface area contributed by atoms with E-state index in [4.69, 9.17) is 17.0 Å². The Morgan fingerprint density at radius 2 is 1.68 bits per heavy atom. The molecule has 0 unspecified atom stereocenters. The number of carbonyl (C=O) groups excluding carboxylic acids is 1. The number of thiocarbonyl (C=S) groups is 1. The lowest BCUT2D eigenvalue weighted by Gasteiger charge is -2.57. The number of carbonyl (C=O) groups is 1. The highest BCUT2D eigenvalue weighted by atomic mass is 32.1. The van der Waals surface area contributed by atoms with Crippen molar-refractivity contribution in [3.8, 4) is 5.75 Å². The van der Waals surface area contributed by atoms with Gasteiger partial charge in [-0.05, 0) is 87.6 Å². The average molecular weight is 359 g/mol. The molecule has 0 aromatic heterocycles. The Morgan fingerprint density at radius 1 is 1.12 bits per heavy atom. The topological polar surface area (TPSA) is 50.4 Å². The smallest absolute Gasteiger partial charge is 0.264 e. The third kappa shape index (κ3) is 3.81. The molecule has 25 heavy (non-hydrogen) atoms. The fraction of sp³-hybridized carbons (Fsp3) is 0.600. The van der Waals surface area contributed by atoms with Gasteiger partial charge < -0.3 is 15.4 Å². The maximum Gasteiger partial charge on any atom is 0.264 e. The van der Waals surface area contributed by atoms with Crippen LogP contribution in [0.15, 0.2) is 24.3 Å². The quantitative estimate of drug-likeness (QED) is 0.811. The summed E-state index contributed by atoms with van der Waals surface area (Å²) < 4.78 is 5.52. The summed E-state index contributed by atoms with van der Waals surface area (Å²) in [6.45, 7) is 2.00. The lowest BCUT2D eigenvalue weighted by molar-refractivity contribution is -0.121. The standard InChI is InChI=1S/C20H26N2O2S/c1-13-2-4-17(5-3-13)24-12-18(23)21-19(25)22-20-9-14-6-15(10-20)8-16(7-14)11-20/h2-5,14-16H,6-12H2,1H3,(H2,21,22,23,25). The number of amides is 1. The van der Waals surface area contributed by atoms with Gasteiger partial charge in [0, 0.05) is 5.54 Å². The fourth-order valence-electron chi connectivity index (χ4n) is 5.48. The van der Waals surface area contributed by atoms with E-state index >= 15 is 0 Å². The lowest BCUT2D eigenvalue weighted by atomic mass is 9.53. The van der Waals surface area contributed by atoms with E-state index in [-0.39, 0.29) is 18.1 Å². The van der Waals surface area contributed by atoms with Gasteiger partial charge in [-0.1, -0.05) is 17.7 Å². The maximum absolute atomic E-state index is 12.1. The first-order chi connectivity index (χ1) is 12.0. The minimum absolute atomic E-state index is 0.0221. The molecule has 5 rings (SSSR count). The highest BCUT2D eigenvalue weighted by Crippen LogP contribution is 2.55. The second-order valence-electron chi connectivity index (χ2n) is 8.30. The zero-order valence-electron chi connectivity index (χ0n) is 14.7. The summed E-state index contributed by atoms with van der Waals surface area (Å²) in [4.78, 5) is 12.1. The van der Waals surface area contributed by atoms with E-state index < -0.39 is 0 Å². The molecule has 0 aliphatic heterocycles. The number of aryl methyl sites for hydroxylation is 1. The van der Waals surface area contributed by atoms with Crippen LogP contribution in [0.3, 0.4) is 0 Å². The van der Waals surface area contributed by atoms with E-state index in [1.54, 1.807) is 0 Å². The first-order valence-corrected chi connectivity index (χ1v) is 9.72. The van der Waals surface area contributed by atoms with Gasteiger partial charge in [0.15, 0.2) is 11.7 Å². The van der Waals surface area contributed by atoms with Crippen molar-refractivity contribution in [2.45, 2.75) is 51.0 Å². The van der Waals surface area contributed by atoms with Crippen LogP contribution in [0.1, 0.15) is 44.1 Å². The van der Waals surface area contributed by atoms with Crippen LogP contribution >= 0.6 is 12.2 Å². The van der Waals surface area contributed by atoms with Crippen molar-refractivity contribution in [1.82, 2.24) is 10.6 Å². The molecular formula is C20H26N2O2S. The molecular weight excluding hydrogens is 332 g/mol. The minimum Gasteiger partial charge on any atom is -0.484 e. The summed E-state index contributed by atoms with van der Waals surface area (Å²) in [5, 5.41) is 6.76. The van der Waals surface area contributed by atoms with Crippen LogP contribution in [0.2, 0.25) is 0 Å². The van der Waals surface area contributed by atoms with Crippen molar-refractivity contribution in [2.24, 2.45) is 17.8 Å². The summed E-state index contributed by atoms with van der Waals surface area (Å²) >= 11 is 5.41. The Morgan fingerprint density at radius 3 is 2.24 bits per heavy atom. The molecule has 1 aromatic rings. The van der Waals surface area contributed by atoms with Gasteiger partial charge in [0.25, 0.3) is 5.91 Å². The van der Waals surface area contributed by atoms with Gasteiger partial charge in [-0.3, -0.25) is 4.79 Å². The van der Waals surface area contributed by atoms with Gasteiger partial charge in [0.2, 0.25) is 0 Å². The van der Waals surface area contributed by atoms with E-state index in [0.717, 1.165) is 23.3 Å². The Kier molecular flexibility index (Phi) is 4.44. The van der Waals surface area contributed by atoms with Crippen molar-refractivity contribution in [3.63, 3.8) is 0 Å². The lowest BCUT2D eigenvalue weighted by Crippen LogP contribution is -2.62. The number of ether oxygens (including phenoxy) is 1. The Hall–Kier alpha value is -1.62. The van der Waals surface area contributed by atoms with Gasteiger partial charge in [-0.25, -0.2) is 0 Å². The second kappa shape index (κ2) is 6.60. The molecule has 0 radical (unpaired) electrons. The summed E-state index contributed by atoms with van der Waals surface area (Å²) in [6, 6.07) is 7.67. The number of hydrogen-bond donors (Lipinski definition) is 2. The van der Waals surface area contributed by atoms with E-state index in [9.17, 15) is 4.79 Å². The van der Waals surface area contributed by atoms with Crippen LogP contribution in [0.4, 0.5) is 0 Å². The average Bonchev–Trinajstić information content (AvgIpc) is 2.52. The molecule has 4 aliphatic carbocycles. The normalized spacial score (nSPS) is 32.3. The van der Waals surface area contributed by atoms with Crippen LogP contribution < -0.4 is 15.4 Å². The Labute approximate surface area is 154 Å². The minimum atomic E-state index is -0.206. The molecule has 0 spiro atoms. The van der Waals surface area contributed by atoms with Crippen molar-refractivity contribution in [2.75, 3.05) is 6.61 Å².